The Kier molecular flexibility index (Phi) is 100. The van der Waals surface area contributed by atoms with Crippen LogP contribution in [0.1, 0.15) is 94.7 Å². The minimum absolute atomic E-state index is 0. The Morgan fingerprint density at radius 1 is 0.548 bits per heavy atom. The Bertz CT molecular complexity index is 487. The SMILES string of the molecule is CC.CC.CC.CC.CC.CC.N#CC(Nc1ccccc1)c1ccccc1.[Ar].[Ar].[Ar]. The second-order valence-corrected chi connectivity index (χ2v) is 3.48. The minimum atomic E-state index is -0.302. The van der Waals surface area contributed by atoms with Crippen LogP contribution >= 0.6 is 0 Å². The summed E-state index contributed by atoms with van der Waals surface area (Å²) >= 11 is 0. The van der Waals surface area contributed by atoms with Crippen LogP contribution in [0.4, 0.5) is 5.69 Å². The predicted molar refractivity (Wildman–Crippen MR) is 133 cm³/mol. The molecule has 1 atom stereocenters. The van der Waals surface area contributed by atoms with Crippen molar-refractivity contribution in [3.8, 4) is 6.07 Å². The van der Waals surface area contributed by atoms with Crippen molar-refractivity contribution in [1.29, 1.82) is 5.26 Å². The van der Waals surface area contributed by atoms with Gasteiger partial charge in [0.1, 0.15) is 6.04 Å². The van der Waals surface area contributed by atoms with Gasteiger partial charge in [-0.05, 0) is 17.7 Å². The van der Waals surface area contributed by atoms with Crippen LogP contribution in [0.3, 0.4) is 0 Å². The first-order valence-corrected chi connectivity index (χ1v) is 11.2. The van der Waals surface area contributed by atoms with Gasteiger partial charge in [0, 0.05) is 119 Å². The third-order valence-corrected chi connectivity index (χ3v) is 2.35. The van der Waals surface area contributed by atoms with E-state index >= 15 is 0 Å². The van der Waals surface area contributed by atoms with Crippen LogP contribution in [-0.2, 0) is 0 Å². The molecule has 1 N–H and O–H groups in total. The van der Waals surface area contributed by atoms with E-state index in [1.807, 2.05) is 144 Å². The molecule has 2 rings (SSSR count). The Hall–Kier alpha value is 1.51. The molecule has 0 aliphatic heterocycles. The molecular formula is C26H48Ar3N2. The number of hydrogen-bond acceptors (Lipinski definition) is 2. The van der Waals surface area contributed by atoms with Crippen molar-refractivity contribution in [2.75, 3.05) is 5.32 Å². The van der Waals surface area contributed by atoms with Crippen molar-refractivity contribution < 1.29 is 113 Å². The molecule has 0 amide bonds. The zero-order valence-corrected chi connectivity index (χ0v) is 24.0. The van der Waals surface area contributed by atoms with Crippen molar-refractivity contribution in [3.63, 3.8) is 0 Å². The largest absolute Gasteiger partial charge is 0.366 e. The fourth-order valence-electron chi connectivity index (χ4n) is 1.54. The Labute approximate surface area is 286 Å². The summed E-state index contributed by atoms with van der Waals surface area (Å²) in [6.45, 7) is 24.0. The van der Waals surface area contributed by atoms with E-state index in [-0.39, 0.29) is 119 Å². The zero-order valence-electron chi connectivity index (χ0n) is 21.9. The van der Waals surface area contributed by atoms with Crippen molar-refractivity contribution in [2.24, 2.45) is 0 Å². The Morgan fingerprint density at radius 2 is 0.839 bits per heavy atom. The quantitative estimate of drug-likeness (QED) is 0.448. The molecule has 2 aromatic carbocycles. The van der Waals surface area contributed by atoms with Gasteiger partial charge in [-0.15, -0.1) is 0 Å². The maximum atomic E-state index is 9.13. The molecule has 0 saturated heterocycles. The summed E-state index contributed by atoms with van der Waals surface area (Å²) < 4.78 is 0. The molecule has 0 saturated carbocycles. The fraction of sp³-hybridized carbons (Fsp3) is 0.500. The molecule has 0 bridgehead atoms. The summed E-state index contributed by atoms with van der Waals surface area (Å²) in [7, 11) is 0. The third kappa shape index (κ3) is 36.3. The number of nitriles is 1. The predicted octanol–water partition coefficient (Wildman–Crippen LogP) is 9.52. The minimum Gasteiger partial charge on any atom is -0.366 e. The molecule has 0 aliphatic rings. The molecule has 0 spiro atoms. The van der Waals surface area contributed by atoms with E-state index in [9.17, 15) is 0 Å². The van der Waals surface area contributed by atoms with Crippen LogP contribution in [0.25, 0.3) is 0 Å². The van der Waals surface area contributed by atoms with Crippen LogP contribution in [-0.4, -0.2) is 0 Å². The zero-order chi connectivity index (χ0) is 23.2. The summed E-state index contributed by atoms with van der Waals surface area (Å²) in [6, 6.07) is 21.4. The molecule has 0 heterocycles. The van der Waals surface area contributed by atoms with Crippen molar-refractivity contribution in [1.82, 2.24) is 0 Å². The van der Waals surface area contributed by atoms with Crippen LogP contribution < -0.4 is 5.32 Å². The molecule has 31 heavy (non-hydrogen) atoms. The molecule has 0 radical (unpaired) electrons. The number of anilines is 1. The van der Waals surface area contributed by atoms with Gasteiger partial charge < -0.3 is 5.32 Å². The Morgan fingerprint density at radius 3 is 1.13 bits per heavy atom. The first-order chi connectivity index (χ1) is 13.9. The number of nitrogens with one attached hydrogen (secondary N) is 1. The van der Waals surface area contributed by atoms with Crippen LogP contribution in [0.15, 0.2) is 60.7 Å². The average molecular weight is 509 g/mol. The molecule has 186 valence electrons. The van der Waals surface area contributed by atoms with E-state index in [1.165, 1.54) is 0 Å². The summed E-state index contributed by atoms with van der Waals surface area (Å²) in [5, 5.41) is 12.3. The van der Waals surface area contributed by atoms with E-state index < -0.39 is 0 Å². The summed E-state index contributed by atoms with van der Waals surface area (Å²) in [6.07, 6.45) is 0. The molecule has 0 fully saturated rings. The number of benzene rings is 2. The summed E-state index contributed by atoms with van der Waals surface area (Å²) in [5.41, 5.74) is 1.94. The van der Waals surface area contributed by atoms with E-state index in [0.29, 0.717) is 0 Å². The first kappa shape index (κ1) is 53.7. The van der Waals surface area contributed by atoms with Crippen LogP contribution in [0, 0.1) is 125 Å². The molecule has 0 aromatic heterocycles. The molecular weight excluding hydrogens is 460 g/mol. The fourth-order valence-corrected chi connectivity index (χ4v) is 1.54. The molecule has 1 unspecified atom stereocenters. The van der Waals surface area contributed by atoms with Gasteiger partial charge in [0.15, 0.2) is 0 Å². The van der Waals surface area contributed by atoms with Gasteiger partial charge in [-0.3, -0.25) is 0 Å². The smallest absolute Gasteiger partial charge is 0.140 e. The normalized spacial score (nSPS) is 7.06. The second kappa shape index (κ2) is 57.9. The van der Waals surface area contributed by atoms with E-state index in [1.54, 1.807) is 0 Å². The topological polar surface area (TPSA) is 35.8 Å². The second-order valence-electron chi connectivity index (χ2n) is 3.48. The monoisotopic (exact) mass is 508 g/mol. The molecule has 2 nitrogen and oxygen atoms in total. The van der Waals surface area contributed by atoms with Gasteiger partial charge >= 0.3 is 0 Å². The number of nitrogens with zero attached hydrogens (tertiary/aromatic N) is 1. The van der Waals surface area contributed by atoms with E-state index in [2.05, 4.69) is 11.4 Å². The molecule has 5 heteroatoms. The van der Waals surface area contributed by atoms with Gasteiger partial charge in [-0.25, -0.2) is 0 Å². The molecule has 2 aromatic rings. The van der Waals surface area contributed by atoms with Gasteiger partial charge in [-0.1, -0.05) is 132 Å². The summed E-state index contributed by atoms with van der Waals surface area (Å²) in [4.78, 5) is 0. The summed E-state index contributed by atoms with van der Waals surface area (Å²) in [5.74, 6) is 0. The van der Waals surface area contributed by atoms with Crippen molar-refractivity contribution in [2.45, 2.75) is 89.1 Å². The number of hydrogen-bond donors (Lipinski definition) is 1. The average Bonchev–Trinajstić information content (AvgIpc) is 2.86. The molecule has 0 aliphatic carbocycles. The van der Waals surface area contributed by atoms with E-state index in [0.717, 1.165) is 11.3 Å². The van der Waals surface area contributed by atoms with Gasteiger partial charge in [0.2, 0.25) is 0 Å². The Balaban J connectivity index is -0.0000000514. The van der Waals surface area contributed by atoms with Crippen molar-refractivity contribution >= 4 is 5.69 Å². The van der Waals surface area contributed by atoms with Crippen molar-refractivity contribution in [3.05, 3.63) is 66.2 Å². The maximum Gasteiger partial charge on any atom is 0.140 e. The van der Waals surface area contributed by atoms with Gasteiger partial charge in [0.25, 0.3) is 0 Å². The van der Waals surface area contributed by atoms with Crippen LogP contribution in [0.5, 0.6) is 0 Å². The maximum absolute atomic E-state index is 9.13. The number of para-hydroxylation sites is 1. The van der Waals surface area contributed by atoms with E-state index in [4.69, 9.17) is 5.26 Å². The van der Waals surface area contributed by atoms with Crippen LogP contribution in [0.2, 0.25) is 0 Å². The number of rotatable bonds is 3. The third-order valence-electron chi connectivity index (χ3n) is 2.35. The standard InChI is InChI=1S/C14H12N2.6C2H6.3Ar/c15-11-14(12-7-3-1-4-8-12)16-13-9-5-2-6-10-13;6*1-2;;;/h1-10,14,16H;6*1-2H3;;;. The first-order valence-electron chi connectivity index (χ1n) is 11.2. The van der Waals surface area contributed by atoms with Gasteiger partial charge in [0.05, 0.1) is 6.07 Å². The van der Waals surface area contributed by atoms with Gasteiger partial charge in [-0.2, -0.15) is 5.26 Å².